The Morgan fingerprint density at radius 1 is 1.33 bits per heavy atom. The van der Waals surface area contributed by atoms with Gasteiger partial charge in [-0.05, 0) is 32.1 Å². The van der Waals surface area contributed by atoms with Gasteiger partial charge in [-0.1, -0.05) is 11.6 Å². The maximum absolute atomic E-state index is 15.4. The molecule has 2 saturated carbocycles. The maximum Gasteiger partial charge on any atom is 0.231 e. The minimum atomic E-state index is -1.09. The highest BCUT2D eigenvalue weighted by atomic mass is 35.5. The van der Waals surface area contributed by atoms with Crippen LogP contribution in [0.25, 0.3) is 27.8 Å². The topological polar surface area (TPSA) is 100 Å². The first-order chi connectivity index (χ1) is 15.9. The van der Waals surface area contributed by atoms with E-state index in [0.717, 1.165) is 12.8 Å². The highest BCUT2D eigenvalue weighted by molar-refractivity contribution is 6.35. The van der Waals surface area contributed by atoms with Crippen molar-refractivity contribution in [2.24, 2.45) is 11.8 Å². The van der Waals surface area contributed by atoms with Gasteiger partial charge in [0.15, 0.2) is 17.3 Å². The molecule has 6 rings (SSSR count). The number of nitrogens with one attached hydrogen (secondary N) is 3. The third-order valence-electron chi connectivity index (χ3n) is 6.39. The van der Waals surface area contributed by atoms with Crippen molar-refractivity contribution < 1.29 is 13.6 Å². The van der Waals surface area contributed by atoms with Gasteiger partial charge >= 0.3 is 0 Å². The van der Waals surface area contributed by atoms with E-state index in [1.165, 1.54) is 6.20 Å². The molecule has 2 aliphatic carbocycles. The number of fused-ring (bicyclic) bond motifs is 2. The second kappa shape index (κ2) is 7.38. The zero-order chi connectivity index (χ0) is 22.9. The van der Waals surface area contributed by atoms with Crippen LogP contribution < -0.4 is 10.6 Å². The molecule has 1 unspecified atom stereocenters. The van der Waals surface area contributed by atoms with Crippen molar-refractivity contribution in [3.63, 3.8) is 0 Å². The summed E-state index contributed by atoms with van der Waals surface area (Å²) in [5, 5.41) is 13.4. The number of rotatable bonds is 6. The Bertz CT molecular complexity index is 1410. The van der Waals surface area contributed by atoms with Gasteiger partial charge in [-0.25, -0.2) is 13.8 Å². The molecule has 4 aromatic rings. The molecule has 1 aromatic carbocycles. The molecule has 0 spiro atoms. The zero-order valence-corrected chi connectivity index (χ0v) is 18.3. The van der Waals surface area contributed by atoms with Gasteiger partial charge in [-0.2, -0.15) is 5.10 Å². The average molecular weight is 472 g/mol. The van der Waals surface area contributed by atoms with Crippen molar-refractivity contribution in [3.8, 4) is 11.3 Å². The molecule has 0 aliphatic heterocycles. The summed E-state index contributed by atoms with van der Waals surface area (Å²) in [7, 11) is 0. The van der Waals surface area contributed by atoms with Crippen LogP contribution in [-0.2, 0) is 4.79 Å². The lowest BCUT2D eigenvalue weighted by Gasteiger charge is -2.18. The SMILES string of the molecule is CC(Nc1c(F)c(Cl)c(-c2cn3cc(NC(=O)[C@@H]4C[C@@H]4F)nc3cn2)c2cn[nH]c12)C1CC1. The minimum Gasteiger partial charge on any atom is -0.378 e. The smallest absolute Gasteiger partial charge is 0.231 e. The van der Waals surface area contributed by atoms with Gasteiger partial charge in [0, 0.05) is 23.2 Å². The van der Waals surface area contributed by atoms with E-state index in [9.17, 15) is 9.18 Å². The fraction of sp³-hybridized carbons (Fsp3) is 0.364. The van der Waals surface area contributed by atoms with E-state index in [2.05, 4.69) is 30.8 Å². The normalized spacial score (nSPS) is 20.8. The maximum atomic E-state index is 15.4. The molecule has 0 radical (unpaired) electrons. The number of H-pyrrole nitrogens is 1. The monoisotopic (exact) mass is 471 g/mol. The standard InChI is InChI=1S/C22H20ClF2N7O/c1-9(10-2-3-10)28-21-19(25)18(23)17(12-5-27-31-20(12)21)14-7-32-8-15(29-16(32)6-26-14)30-22(33)11-4-13(11)24/h5-11,13,28H,2-4H2,1H3,(H,27,31)(H,30,33)/t9?,11-,13+/m1/s1. The fourth-order valence-corrected chi connectivity index (χ4v) is 4.48. The number of aromatic nitrogens is 5. The number of alkyl halides is 1. The summed E-state index contributed by atoms with van der Waals surface area (Å²) in [6, 6.07) is 0.116. The Morgan fingerprint density at radius 2 is 2.12 bits per heavy atom. The van der Waals surface area contributed by atoms with E-state index in [-0.39, 0.29) is 23.3 Å². The van der Waals surface area contributed by atoms with Gasteiger partial charge in [0.25, 0.3) is 0 Å². The molecule has 0 bridgehead atoms. The summed E-state index contributed by atoms with van der Waals surface area (Å²) in [6.07, 6.45) is 7.74. The van der Waals surface area contributed by atoms with Gasteiger partial charge in [-0.3, -0.25) is 14.9 Å². The van der Waals surface area contributed by atoms with Gasteiger partial charge < -0.3 is 15.0 Å². The highest BCUT2D eigenvalue weighted by Gasteiger charge is 2.43. The van der Waals surface area contributed by atoms with Crippen LogP contribution in [-0.4, -0.2) is 42.7 Å². The number of nitrogens with zero attached hydrogens (tertiary/aromatic N) is 4. The van der Waals surface area contributed by atoms with Crippen molar-refractivity contribution in [1.82, 2.24) is 24.6 Å². The van der Waals surface area contributed by atoms with E-state index in [1.807, 2.05) is 6.92 Å². The Morgan fingerprint density at radius 3 is 2.85 bits per heavy atom. The summed E-state index contributed by atoms with van der Waals surface area (Å²) >= 11 is 6.51. The van der Waals surface area contributed by atoms with Crippen molar-refractivity contribution in [1.29, 1.82) is 0 Å². The third-order valence-corrected chi connectivity index (χ3v) is 6.74. The van der Waals surface area contributed by atoms with E-state index < -0.39 is 23.8 Å². The van der Waals surface area contributed by atoms with Crippen LogP contribution in [0.5, 0.6) is 0 Å². The van der Waals surface area contributed by atoms with Crippen LogP contribution in [0.4, 0.5) is 20.3 Å². The summed E-state index contributed by atoms with van der Waals surface area (Å²) in [4.78, 5) is 20.7. The van der Waals surface area contributed by atoms with Crippen molar-refractivity contribution in [3.05, 3.63) is 35.6 Å². The van der Waals surface area contributed by atoms with Gasteiger partial charge in [0.05, 0.1) is 46.4 Å². The molecule has 1 amide bonds. The lowest BCUT2D eigenvalue weighted by atomic mass is 10.0. The Kier molecular flexibility index (Phi) is 4.55. The number of aromatic amines is 1. The minimum absolute atomic E-state index is 0.0578. The molecule has 2 fully saturated rings. The molecular formula is C22H20ClF2N7O. The number of carbonyl (C=O) groups excluding carboxylic acids is 1. The second-order valence-electron chi connectivity index (χ2n) is 8.82. The summed E-state index contributed by atoms with van der Waals surface area (Å²) in [5.74, 6) is -0.766. The predicted molar refractivity (Wildman–Crippen MR) is 120 cm³/mol. The zero-order valence-electron chi connectivity index (χ0n) is 17.6. The molecule has 3 atom stereocenters. The number of imidazole rings is 1. The van der Waals surface area contributed by atoms with E-state index in [1.54, 1.807) is 23.0 Å². The van der Waals surface area contributed by atoms with Crippen molar-refractivity contribution in [2.45, 2.75) is 38.4 Å². The molecule has 3 N–H and O–H groups in total. The number of amides is 1. The lowest BCUT2D eigenvalue weighted by Crippen LogP contribution is -2.18. The van der Waals surface area contributed by atoms with Gasteiger partial charge in [-0.15, -0.1) is 0 Å². The Labute approximate surface area is 191 Å². The number of carbonyl (C=O) groups is 1. The quantitative estimate of drug-likeness (QED) is 0.382. The number of hydrogen-bond acceptors (Lipinski definition) is 5. The second-order valence-corrected chi connectivity index (χ2v) is 9.20. The molecule has 170 valence electrons. The largest absolute Gasteiger partial charge is 0.378 e. The fourth-order valence-electron chi connectivity index (χ4n) is 4.18. The van der Waals surface area contributed by atoms with Crippen LogP contribution in [0.15, 0.2) is 24.8 Å². The number of anilines is 2. The average Bonchev–Trinajstić information content (AvgIpc) is 3.68. The molecule has 3 heterocycles. The van der Waals surface area contributed by atoms with Crippen LogP contribution >= 0.6 is 11.6 Å². The number of halogens is 3. The predicted octanol–water partition coefficient (Wildman–Crippen LogP) is 4.57. The molecule has 0 saturated heterocycles. The number of hydrogen-bond donors (Lipinski definition) is 3. The summed E-state index contributed by atoms with van der Waals surface area (Å²) in [5.41, 5.74) is 2.11. The van der Waals surface area contributed by atoms with Crippen LogP contribution in [0, 0.1) is 17.7 Å². The van der Waals surface area contributed by atoms with Crippen LogP contribution in [0.1, 0.15) is 26.2 Å². The molecule has 33 heavy (non-hydrogen) atoms. The third kappa shape index (κ3) is 3.49. The van der Waals surface area contributed by atoms with E-state index in [0.29, 0.717) is 39.4 Å². The first-order valence-corrected chi connectivity index (χ1v) is 11.2. The molecule has 11 heteroatoms. The molecule has 3 aromatic heterocycles. The first kappa shape index (κ1) is 20.3. The van der Waals surface area contributed by atoms with Crippen molar-refractivity contribution >= 4 is 45.6 Å². The van der Waals surface area contributed by atoms with Crippen LogP contribution in [0.3, 0.4) is 0 Å². The molecular weight excluding hydrogens is 452 g/mol. The Balaban J connectivity index is 1.38. The van der Waals surface area contributed by atoms with Gasteiger partial charge in [0.1, 0.15) is 6.17 Å². The molecule has 2 aliphatic rings. The lowest BCUT2D eigenvalue weighted by molar-refractivity contribution is -0.117. The Hall–Kier alpha value is -3.27. The van der Waals surface area contributed by atoms with E-state index >= 15 is 4.39 Å². The van der Waals surface area contributed by atoms with Gasteiger partial charge in [0.2, 0.25) is 5.91 Å². The van der Waals surface area contributed by atoms with Crippen LogP contribution in [0.2, 0.25) is 5.02 Å². The summed E-state index contributed by atoms with van der Waals surface area (Å²) < 4.78 is 30.2. The first-order valence-electron chi connectivity index (χ1n) is 10.8. The van der Waals surface area contributed by atoms with Crippen molar-refractivity contribution in [2.75, 3.05) is 10.6 Å². The summed E-state index contributed by atoms with van der Waals surface area (Å²) in [6.45, 7) is 2.03. The highest BCUT2D eigenvalue weighted by Crippen LogP contribution is 2.42. The number of benzene rings is 1. The molecule has 8 nitrogen and oxygen atoms in total. The van der Waals surface area contributed by atoms with E-state index in [4.69, 9.17) is 11.6 Å².